The molecule has 0 atom stereocenters. The van der Waals surface area contributed by atoms with E-state index in [1.54, 1.807) is 42.5 Å². The summed E-state index contributed by atoms with van der Waals surface area (Å²) in [5.74, 6) is 0.291. The molecule has 7 nitrogen and oxygen atoms in total. The third kappa shape index (κ3) is 4.98. The van der Waals surface area contributed by atoms with Crippen LogP contribution in [0.5, 0.6) is 0 Å². The predicted octanol–water partition coefficient (Wildman–Crippen LogP) is 4.35. The van der Waals surface area contributed by atoms with Gasteiger partial charge in [0.1, 0.15) is 5.82 Å². The number of benzene rings is 2. The van der Waals surface area contributed by atoms with Crippen molar-refractivity contribution in [1.29, 1.82) is 0 Å². The van der Waals surface area contributed by atoms with Crippen molar-refractivity contribution in [2.75, 3.05) is 17.4 Å². The first-order chi connectivity index (χ1) is 16.2. The van der Waals surface area contributed by atoms with Gasteiger partial charge < -0.3 is 0 Å². The van der Waals surface area contributed by atoms with E-state index in [-0.39, 0.29) is 22.9 Å². The molecule has 34 heavy (non-hydrogen) atoms. The molecule has 1 aliphatic heterocycles. The van der Waals surface area contributed by atoms with Crippen LogP contribution in [0.3, 0.4) is 0 Å². The molecule has 0 unspecified atom stereocenters. The van der Waals surface area contributed by atoms with Crippen LogP contribution in [-0.2, 0) is 26.5 Å². The molecule has 1 aliphatic rings. The minimum absolute atomic E-state index is 0.0664. The molecular formula is C24H26ClN3O4S2. The maximum absolute atomic E-state index is 13.6. The van der Waals surface area contributed by atoms with E-state index in [1.165, 1.54) is 26.9 Å². The highest BCUT2D eigenvalue weighted by Crippen LogP contribution is 2.31. The van der Waals surface area contributed by atoms with E-state index in [0.29, 0.717) is 23.7 Å². The van der Waals surface area contributed by atoms with Crippen LogP contribution in [0.4, 0.5) is 5.82 Å². The Bertz CT molecular complexity index is 1340. The summed E-state index contributed by atoms with van der Waals surface area (Å²) in [6.07, 6.45) is 3.04. The average molecular weight is 520 g/mol. The molecule has 0 N–H and O–H groups in total. The molecule has 180 valence electrons. The summed E-state index contributed by atoms with van der Waals surface area (Å²) >= 11 is 6.06. The number of piperidine rings is 1. The van der Waals surface area contributed by atoms with Crippen LogP contribution in [-0.4, -0.2) is 45.3 Å². The highest BCUT2D eigenvalue weighted by Gasteiger charge is 2.37. The summed E-state index contributed by atoms with van der Waals surface area (Å²) in [4.78, 5) is 4.60. The maximum atomic E-state index is 13.6. The van der Waals surface area contributed by atoms with Crippen molar-refractivity contribution in [1.82, 2.24) is 9.29 Å². The molecule has 3 aromatic rings. The van der Waals surface area contributed by atoms with Gasteiger partial charge in [0.05, 0.1) is 9.79 Å². The van der Waals surface area contributed by atoms with Gasteiger partial charge >= 0.3 is 0 Å². The summed E-state index contributed by atoms with van der Waals surface area (Å²) in [6.45, 7) is 2.42. The van der Waals surface area contributed by atoms with Gasteiger partial charge in [-0.15, -0.1) is 0 Å². The number of hydrogen-bond donors (Lipinski definition) is 0. The first kappa shape index (κ1) is 24.7. The normalized spacial score (nSPS) is 15.8. The van der Waals surface area contributed by atoms with E-state index in [2.05, 4.69) is 4.98 Å². The number of sulfonamides is 2. The Balaban J connectivity index is 1.60. The second kappa shape index (κ2) is 10.0. The number of rotatable bonds is 7. The molecule has 0 bridgehead atoms. The molecule has 0 radical (unpaired) electrons. The summed E-state index contributed by atoms with van der Waals surface area (Å²) < 4.78 is 56.3. The van der Waals surface area contributed by atoms with Crippen LogP contribution in [0.2, 0.25) is 5.02 Å². The van der Waals surface area contributed by atoms with Crippen molar-refractivity contribution in [2.45, 2.75) is 42.0 Å². The zero-order valence-corrected chi connectivity index (χ0v) is 21.1. The number of nitrogens with zero attached hydrogens (tertiary/aromatic N) is 3. The van der Waals surface area contributed by atoms with Crippen LogP contribution in [0.1, 0.15) is 25.3 Å². The van der Waals surface area contributed by atoms with Crippen LogP contribution in [0, 0.1) is 0 Å². The first-order valence-corrected chi connectivity index (χ1v) is 14.3. The number of halogens is 1. The van der Waals surface area contributed by atoms with Crippen LogP contribution >= 0.6 is 11.6 Å². The van der Waals surface area contributed by atoms with Crippen molar-refractivity contribution in [2.24, 2.45) is 0 Å². The minimum atomic E-state index is -3.97. The van der Waals surface area contributed by atoms with Gasteiger partial charge in [-0.2, -0.15) is 4.31 Å². The Hall–Kier alpha value is -2.46. The van der Waals surface area contributed by atoms with Gasteiger partial charge in [0.2, 0.25) is 10.0 Å². The number of hydrogen-bond acceptors (Lipinski definition) is 5. The fourth-order valence-corrected chi connectivity index (χ4v) is 7.53. The summed E-state index contributed by atoms with van der Waals surface area (Å²) in [5.41, 5.74) is 1.06. The molecule has 0 saturated carbocycles. The fraction of sp³-hybridized carbons (Fsp3) is 0.292. The topological polar surface area (TPSA) is 87.7 Å². The summed E-state index contributed by atoms with van der Waals surface area (Å²) in [7, 11) is -7.63. The molecule has 0 aliphatic carbocycles. The minimum Gasteiger partial charge on any atom is -0.247 e. The van der Waals surface area contributed by atoms with Crippen molar-refractivity contribution in [3.8, 4) is 0 Å². The lowest BCUT2D eigenvalue weighted by molar-refractivity contribution is 0.320. The molecule has 2 aromatic carbocycles. The molecule has 2 heterocycles. The lowest BCUT2D eigenvalue weighted by atomic mass is 10.1. The van der Waals surface area contributed by atoms with Crippen molar-refractivity contribution in [3.05, 3.63) is 83.5 Å². The Kier molecular flexibility index (Phi) is 7.28. The zero-order chi connectivity index (χ0) is 24.3. The molecule has 10 heteroatoms. The summed E-state index contributed by atoms with van der Waals surface area (Å²) in [5, 5.41) is 0.317. The molecule has 1 aromatic heterocycles. The van der Waals surface area contributed by atoms with Crippen LogP contribution < -0.4 is 4.31 Å². The molecular weight excluding hydrogens is 494 g/mol. The van der Waals surface area contributed by atoms with Crippen LogP contribution in [0.15, 0.2) is 82.7 Å². The second-order valence-corrected chi connectivity index (χ2v) is 12.3. The van der Waals surface area contributed by atoms with Gasteiger partial charge in [0.15, 0.2) is 0 Å². The number of aryl methyl sites for hydroxylation is 1. The van der Waals surface area contributed by atoms with Crippen molar-refractivity contribution in [3.63, 3.8) is 0 Å². The standard InChI is InChI=1S/C24H26ClN3O4S2/c1-2-19-9-11-22(12-10-19)33(29,30)27-16-13-21(14-17-27)28(24-8-3-4-15-26-24)34(31,32)23-7-5-6-20(25)18-23/h3-12,15,18,21H,2,13-14,16-17H2,1H3. The third-order valence-electron chi connectivity index (χ3n) is 5.95. The quantitative estimate of drug-likeness (QED) is 0.463. The monoisotopic (exact) mass is 519 g/mol. The Morgan fingerprint density at radius 3 is 2.24 bits per heavy atom. The lowest BCUT2D eigenvalue weighted by Crippen LogP contribution is -2.49. The van der Waals surface area contributed by atoms with Crippen LogP contribution in [0.25, 0.3) is 0 Å². The van der Waals surface area contributed by atoms with Gasteiger partial charge in [-0.05, 0) is 67.3 Å². The van der Waals surface area contributed by atoms with E-state index < -0.39 is 26.1 Å². The number of pyridine rings is 1. The van der Waals surface area contributed by atoms with Crippen molar-refractivity contribution >= 4 is 37.5 Å². The SMILES string of the molecule is CCc1ccc(S(=O)(=O)N2CCC(N(c3ccccn3)S(=O)(=O)c3cccc(Cl)c3)CC2)cc1. The molecule has 0 spiro atoms. The van der Waals surface area contributed by atoms with Gasteiger partial charge in [-0.25, -0.2) is 26.1 Å². The van der Waals surface area contributed by atoms with E-state index >= 15 is 0 Å². The molecule has 1 saturated heterocycles. The van der Waals surface area contributed by atoms with E-state index in [0.717, 1.165) is 12.0 Å². The third-order valence-corrected chi connectivity index (χ3v) is 9.95. The number of aromatic nitrogens is 1. The second-order valence-electron chi connectivity index (χ2n) is 8.08. The zero-order valence-electron chi connectivity index (χ0n) is 18.7. The van der Waals surface area contributed by atoms with E-state index in [1.807, 2.05) is 19.1 Å². The highest BCUT2D eigenvalue weighted by atomic mass is 35.5. The first-order valence-electron chi connectivity index (χ1n) is 11.0. The predicted molar refractivity (Wildman–Crippen MR) is 133 cm³/mol. The van der Waals surface area contributed by atoms with Gasteiger partial charge in [0.25, 0.3) is 10.0 Å². The maximum Gasteiger partial charge on any atom is 0.265 e. The van der Waals surface area contributed by atoms with Crippen molar-refractivity contribution < 1.29 is 16.8 Å². The molecule has 1 fully saturated rings. The largest absolute Gasteiger partial charge is 0.265 e. The van der Waals surface area contributed by atoms with E-state index in [9.17, 15) is 16.8 Å². The van der Waals surface area contributed by atoms with E-state index in [4.69, 9.17) is 11.6 Å². The molecule has 4 rings (SSSR count). The van der Waals surface area contributed by atoms with Gasteiger partial charge in [0, 0.05) is 30.4 Å². The van der Waals surface area contributed by atoms with Gasteiger partial charge in [-0.1, -0.05) is 42.8 Å². The summed E-state index contributed by atoms with van der Waals surface area (Å²) in [6, 6.07) is 17.6. The molecule has 0 amide bonds. The highest BCUT2D eigenvalue weighted by molar-refractivity contribution is 7.92. The number of anilines is 1. The van der Waals surface area contributed by atoms with Gasteiger partial charge in [-0.3, -0.25) is 0 Å². The Morgan fingerprint density at radius 2 is 1.65 bits per heavy atom. The Labute approximate surface area is 206 Å². The average Bonchev–Trinajstić information content (AvgIpc) is 2.85. The smallest absolute Gasteiger partial charge is 0.247 e. The Morgan fingerprint density at radius 1 is 0.941 bits per heavy atom. The lowest BCUT2D eigenvalue weighted by Gasteiger charge is -2.37. The fourth-order valence-electron chi connectivity index (χ4n) is 4.09.